The van der Waals surface area contributed by atoms with Crippen LogP contribution in [-0.2, 0) is 26.2 Å². The van der Waals surface area contributed by atoms with E-state index in [0.29, 0.717) is 11.3 Å². The molecule has 1 aliphatic heterocycles. The molecular weight excluding hydrogens is 352 g/mol. The molecule has 0 aromatic heterocycles. The summed E-state index contributed by atoms with van der Waals surface area (Å²) >= 11 is 0. The molecule has 0 amide bonds. The number of esters is 2. The first kappa shape index (κ1) is 18.6. The third-order valence-corrected chi connectivity index (χ3v) is 4.62. The van der Waals surface area contributed by atoms with Crippen molar-refractivity contribution in [3.05, 3.63) is 47.0 Å². The van der Waals surface area contributed by atoms with Crippen molar-refractivity contribution in [2.45, 2.75) is 25.7 Å². The molecule has 2 aromatic carbocycles. The van der Waals surface area contributed by atoms with Gasteiger partial charge in [0.2, 0.25) is 5.75 Å². The summed E-state index contributed by atoms with van der Waals surface area (Å²) in [6, 6.07) is 7.84. The number of hydrogen-bond donors (Lipinski definition) is 2. The predicted molar refractivity (Wildman–Crippen MR) is 95.2 cm³/mol. The Hall–Kier alpha value is -3.22. The molecule has 2 aromatic rings. The molecule has 0 saturated carbocycles. The van der Waals surface area contributed by atoms with Gasteiger partial charge in [-0.15, -0.1) is 0 Å². The Morgan fingerprint density at radius 3 is 2.67 bits per heavy atom. The maximum absolute atomic E-state index is 13.0. The molecule has 0 spiro atoms. The maximum atomic E-state index is 13.0. The van der Waals surface area contributed by atoms with E-state index in [4.69, 9.17) is 14.2 Å². The number of phenolic OH excluding ortho intramolecular Hbond substituents is 2. The van der Waals surface area contributed by atoms with E-state index in [1.807, 2.05) is 13.0 Å². The third-order valence-electron chi connectivity index (χ3n) is 4.62. The Morgan fingerprint density at radius 1 is 1.26 bits per heavy atom. The fourth-order valence-electron chi connectivity index (χ4n) is 3.32. The highest BCUT2D eigenvalue weighted by molar-refractivity contribution is 6.09. The van der Waals surface area contributed by atoms with Gasteiger partial charge < -0.3 is 24.4 Å². The molecule has 3 rings (SSSR count). The molecule has 1 heterocycles. The van der Waals surface area contributed by atoms with Crippen LogP contribution in [0.4, 0.5) is 0 Å². The number of aromatic hydroxyl groups is 2. The van der Waals surface area contributed by atoms with Crippen LogP contribution in [0, 0.1) is 6.92 Å². The van der Waals surface area contributed by atoms with Gasteiger partial charge in [0, 0.05) is 12.0 Å². The van der Waals surface area contributed by atoms with E-state index in [0.717, 1.165) is 5.56 Å². The van der Waals surface area contributed by atoms with Gasteiger partial charge in [0.05, 0.1) is 13.7 Å². The van der Waals surface area contributed by atoms with E-state index in [-0.39, 0.29) is 24.3 Å². The van der Waals surface area contributed by atoms with Crippen LogP contribution in [0.1, 0.15) is 23.6 Å². The van der Waals surface area contributed by atoms with Crippen LogP contribution in [0.5, 0.6) is 23.0 Å². The van der Waals surface area contributed by atoms with Crippen molar-refractivity contribution < 1.29 is 34.0 Å². The Balaban J connectivity index is 2.28. The highest BCUT2D eigenvalue weighted by Gasteiger charge is 2.55. The van der Waals surface area contributed by atoms with E-state index in [1.54, 1.807) is 19.1 Å². The van der Waals surface area contributed by atoms with E-state index >= 15 is 0 Å². The zero-order valence-electron chi connectivity index (χ0n) is 15.2. The van der Waals surface area contributed by atoms with Crippen LogP contribution in [-0.4, -0.2) is 35.9 Å². The van der Waals surface area contributed by atoms with Gasteiger partial charge in [-0.1, -0.05) is 17.7 Å². The van der Waals surface area contributed by atoms with Gasteiger partial charge in [-0.3, -0.25) is 9.59 Å². The van der Waals surface area contributed by atoms with Crippen molar-refractivity contribution in [2.75, 3.05) is 13.7 Å². The van der Waals surface area contributed by atoms with Crippen LogP contribution >= 0.6 is 0 Å². The van der Waals surface area contributed by atoms with E-state index in [1.165, 1.54) is 19.2 Å². The summed E-state index contributed by atoms with van der Waals surface area (Å²) in [6.45, 7) is 3.57. The highest BCUT2D eigenvalue weighted by atomic mass is 16.6. The van der Waals surface area contributed by atoms with Crippen LogP contribution in [0.25, 0.3) is 0 Å². The molecule has 1 atom stereocenters. The second-order valence-electron chi connectivity index (χ2n) is 6.32. The minimum atomic E-state index is -1.87. The van der Waals surface area contributed by atoms with Gasteiger partial charge in [0.25, 0.3) is 0 Å². The molecule has 7 heteroatoms. The standard InChI is InChI=1S/C20H20O7/c1-4-26-18(23)20(13-6-7-14(21)16(22)17(13)25-3)10-12-9-11(2)5-8-15(12)27-19(20)24/h5-9,21-22H,4,10H2,1-3H3. The van der Waals surface area contributed by atoms with Crippen molar-refractivity contribution in [3.63, 3.8) is 0 Å². The monoisotopic (exact) mass is 372 g/mol. The predicted octanol–water partition coefficient (Wildman–Crippen LogP) is 2.38. The van der Waals surface area contributed by atoms with Crippen molar-refractivity contribution in [1.29, 1.82) is 0 Å². The van der Waals surface area contributed by atoms with E-state index in [2.05, 4.69) is 0 Å². The molecule has 2 N–H and O–H groups in total. The highest BCUT2D eigenvalue weighted by Crippen LogP contribution is 2.48. The zero-order chi connectivity index (χ0) is 19.8. The first-order valence-electron chi connectivity index (χ1n) is 8.43. The van der Waals surface area contributed by atoms with Crippen LogP contribution in [0.3, 0.4) is 0 Å². The summed E-state index contributed by atoms with van der Waals surface area (Å²) in [6.07, 6.45) is -0.0255. The molecular formula is C20H20O7. The van der Waals surface area contributed by atoms with Gasteiger partial charge in [-0.05, 0) is 37.6 Å². The largest absolute Gasteiger partial charge is 0.504 e. The van der Waals surface area contributed by atoms with Crippen LogP contribution < -0.4 is 9.47 Å². The topological polar surface area (TPSA) is 102 Å². The number of hydrogen-bond acceptors (Lipinski definition) is 7. The van der Waals surface area contributed by atoms with Crippen molar-refractivity contribution in [1.82, 2.24) is 0 Å². The first-order valence-corrected chi connectivity index (χ1v) is 8.43. The molecule has 7 nitrogen and oxygen atoms in total. The second kappa shape index (κ2) is 6.83. The zero-order valence-corrected chi connectivity index (χ0v) is 15.2. The molecule has 142 valence electrons. The summed E-state index contributed by atoms with van der Waals surface area (Å²) in [5.41, 5.74) is -0.217. The van der Waals surface area contributed by atoms with E-state index < -0.39 is 28.9 Å². The van der Waals surface area contributed by atoms with Crippen LogP contribution in [0.15, 0.2) is 30.3 Å². The second-order valence-corrected chi connectivity index (χ2v) is 6.32. The quantitative estimate of drug-likeness (QED) is 0.368. The Labute approximate surface area is 156 Å². The van der Waals surface area contributed by atoms with Crippen molar-refractivity contribution in [2.24, 2.45) is 0 Å². The molecule has 0 bridgehead atoms. The number of carbonyl (C=O) groups excluding carboxylic acids is 2. The normalized spacial score (nSPS) is 18.4. The number of phenols is 2. The number of fused-ring (bicyclic) bond motifs is 1. The minimum absolute atomic E-state index is 0.0255. The Morgan fingerprint density at radius 2 is 2.00 bits per heavy atom. The summed E-state index contributed by atoms with van der Waals surface area (Å²) in [5.74, 6) is -2.47. The summed E-state index contributed by atoms with van der Waals surface area (Å²) < 4.78 is 15.8. The molecule has 0 saturated heterocycles. The van der Waals surface area contributed by atoms with Gasteiger partial charge >= 0.3 is 11.9 Å². The number of benzene rings is 2. The lowest BCUT2D eigenvalue weighted by Crippen LogP contribution is -2.51. The lowest BCUT2D eigenvalue weighted by Gasteiger charge is -2.35. The molecule has 1 aliphatic rings. The van der Waals surface area contributed by atoms with Crippen molar-refractivity contribution >= 4 is 11.9 Å². The fraction of sp³-hybridized carbons (Fsp3) is 0.300. The lowest BCUT2D eigenvalue weighted by molar-refractivity contribution is -0.161. The van der Waals surface area contributed by atoms with Gasteiger partial charge in [0.15, 0.2) is 16.9 Å². The van der Waals surface area contributed by atoms with Gasteiger partial charge in [-0.2, -0.15) is 0 Å². The fourth-order valence-corrected chi connectivity index (χ4v) is 3.32. The molecule has 0 aliphatic carbocycles. The number of methoxy groups -OCH3 is 1. The maximum Gasteiger partial charge on any atom is 0.333 e. The Kier molecular flexibility index (Phi) is 4.70. The van der Waals surface area contributed by atoms with Gasteiger partial charge in [0.1, 0.15) is 5.75 Å². The van der Waals surface area contributed by atoms with Gasteiger partial charge in [-0.25, -0.2) is 0 Å². The Bertz CT molecular complexity index is 919. The van der Waals surface area contributed by atoms with Crippen molar-refractivity contribution in [3.8, 4) is 23.0 Å². The third kappa shape index (κ3) is 2.85. The smallest absolute Gasteiger partial charge is 0.333 e. The molecule has 0 fully saturated rings. The summed E-state index contributed by atoms with van der Waals surface area (Å²) in [7, 11) is 1.27. The molecule has 0 radical (unpaired) electrons. The molecule has 27 heavy (non-hydrogen) atoms. The summed E-state index contributed by atoms with van der Waals surface area (Å²) in [5, 5.41) is 20.0. The average molecular weight is 372 g/mol. The summed E-state index contributed by atoms with van der Waals surface area (Å²) in [4.78, 5) is 26.0. The number of ether oxygens (including phenoxy) is 3. The lowest BCUT2D eigenvalue weighted by atomic mass is 9.73. The molecule has 1 unspecified atom stereocenters. The van der Waals surface area contributed by atoms with E-state index in [9.17, 15) is 19.8 Å². The number of aryl methyl sites for hydroxylation is 1. The first-order chi connectivity index (χ1) is 12.8. The SMILES string of the molecule is CCOC(=O)C1(c2ccc(O)c(O)c2OC)Cc2cc(C)ccc2OC1=O. The number of carbonyl (C=O) groups is 2. The number of rotatable bonds is 4. The van der Waals surface area contributed by atoms with Crippen LogP contribution in [0.2, 0.25) is 0 Å². The average Bonchev–Trinajstić information content (AvgIpc) is 2.64. The minimum Gasteiger partial charge on any atom is -0.504 e.